The largest absolute Gasteiger partial charge is 0.392 e. The van der Waals surface area contributed by atoms with Crippen LogP contribution in [0.3, 0.4) is 0 Å². The molecule has 5 heteroatoms. The van der Waals surface area contributed by atoms with Crippen LogP contribution in [0.4, 0.5) is 4.79 Å². The molecular formula is C21H33N3O2. The number of hydrogen-bond donors (Lipinski definition) is 2. The zero-order valence-corrected chi connectivity index (χ0v) is 16.0. The summed E-state index contributed by atoms with van der Waals surface area (Å²) in [7, 11) is 0. The number of rotatable bonds is 5. The van der Waals surface area contributed by atoms with Crippen LogP contribution in [-0.2, 0) is 6.42 Å². The molecule has 1 aromatic carbocycles. The fraction of sp³-hybridized carbons (Fsp3) is 0.667. The van der Waals surface area contributed by atoms with Gasteiger partial charge in [-0.1, -0.05) is 29.8 Å². The number of nitrogens with one attached hydrogen (secondary N) is 1. The molecule has 2 amide bonds. The number of carbonyl (C=O) groups is 1. The molecule has 2 heterocycles. The summed E-state index contributed by atoms with van der Waals surface area (Å²) in [5.41, 5.74) is 2.62. The molecule has 5 nitrogen and oxygen atoms in total. The molecule has 2 fully saturated rings. The van der Waals surface area contributed by atoms with E-state index in [-0.39, 0.29) is 12.1 Å². The lowest BCUT2D eigenvalue weighted by molar-refractivity contribution is 0.0292. The Morgan fingerprint density at radius 3 is 2.77 bits per heavy atom. The number of piperidine rings is 2. The minimum absolute atomic E-state index is 0.0753. The van der Waals surface area contributed by atoms with Crippen LogP contribution in [0.15, 0.2) is 24.3 Å². The summed E-state index contributed by atoms with van der Waals surface area (Å²) >= 11 is 0. The zero-order chi connectivity index (χ0) is 18.4. The summed E-state index contributed by atoms with van der Waals surface area (Å²) in [6.45, 7) is 6.37. The van der Waals surface area contributed by atoms with E-state index in [2.05, 4.69) is 41.4 Å². The molecule has 0 saturated carbocycles. The Balaban J connectivity index is 1.33. The lowest BCUT2D eigenvalue weighted by atomic mass is 9.99. The van der Waals surface area contributed by atoms with E-state index in [0.717, 1.165) is 71.2 Å². The molecule has 0 spiro atoms. The molecule has 2 N–H and O–H groups in total. The van der Waals surface area contributed by atoms with Gasteiger partial charge in [0.25, 0.3) is 0 Å². The van der Waals surface area contributed by atoms with Gasteiger partial charge in [-0.15, -0.1) is 0 Å². The molecule has 2 aliphatic rings. The molecule has 3 rings (SSSR count). The standard InChI is InChI=1S/C21H33N3O2/c1-17-5-2-6-18(15-17)7-3-11-22-21(26)23-13-9-19(10-14-23)24-12-4-8-20(25)16-24/h2,5-6,15,19-20,25H,3-4,7-14,16H2,1H3,(H,22,26)/t20-/m0/s1. The van der Waals surface area contributed by atoms with Gasteiger partial charge in [0, 0.05) is 32.2 Å². The number of amides is 2. The monoisotopic (exact) mass is 359 g/mol. The van der Waals surface area contributed by atoms with Gasteiger partial charge in [-0.2, -0.15) is 0 Å². The van der Waals surface area contributed by atoms with Gasteiger partial charge in [0.2, 0.25) is 0 Å². The van der Waals surface area contributed by atoms with Crippen LogP contribution in [0.25, 0.3) is 0 Å². The quantitative estimate of drug-likeness (QED) is 0.795. The summed E-state index contributed by atoms with van der Waals surface area (Å²) in [4.78, 5) is 16.7. The van der Waals surface area contributed by atoms with Crippen molar-refractivity contribution in [2.75, 3.05) is 32.7 Å². The van der Waals surface area contributed by atoms with Crippen LogP contribution in [0.2, 0.25) is 0 Å². The van der Waals surface area contributed by atoms with Gasteiger partial charge in [-0.25, -0.2) is 4.79 Å². The van der Waals surface area contributed by atoms with E-state index in [1.807, 2.05) is 4.90 Å². The first-order valence-electron chi connectivity index (χ1n) is 10.1. The van der Waals surface area contributed by atoms with Crippen molar-refractivity contribution < 1.29 is 9.90 Å². The van der Waals surface area contributed by atoms with Crippen molar-refractivity contribution >= 4 is 6.03 Å². The predicted octanol–water partition coefficient (Wildman–Crippen LogP) is 2.56. The zero-order valence-electron chi connectivity index (χ0n) is 16.0. The third kappa shape index (κ3) is 5.45. The summed E-state index contributed by atoms with van der Waals surface area (Å²) in [6.07, 6.45) is 5.85. The average Bonchev–Trinajstić information content (AvgIpc) is 2.65. The van der Waals surface area contributed by atoms with Crippen LogP contribution in [0.1, 0.15) is 43.2 Å². The van der Waals surface area contributed by atoms with E-state index in [0.29, 0.717) is 6.04 Å². The Morgan fingerprint density at radius 1 is 1.23 bits per heavy atom. The second kappa shape index (κ2) is 9.38. The maximum atomic E-state index is 12.4. The lowest BCUT2D eigenvalue weighted by Gasteiger charge is -2.41. The van der Waals surface area contributed by atoms with Crippen molar-refractivity contribution in [3.63, 3.8) is 0 Å². The molecule has 144 valence electrons. The van der Waals surface area contributed by atoms with Gasteiger partial charge >= 0.3 is 6.03 Å². The summed E-state index contributed by atoms with van der Waals surface area (Å²) < 4.78 is 0. The number of benzene rings is 1. The third-order valence-corrected chi connectivity index (χ3v) is 5.70. The minimum Gasteiger partial charge on any atom is -0.392 e. The van der Waals surface area contributed by atoms with Crippen molar-refractivity contribution in [1.29, 1.82) is 0 Å². The van der Waals surface area contributed by atoms with Crippen molar-refractivity contribution in [3.05, 3.63) is 35.4 Å². The van der Waals surface area contributed by atoms with E-state index in [9.17, 15) is 9.90 Å². The molecule has 1 aromatic rings. The van der Waals surface area contributed by atoms with Gasteiger partial charge in [-0.05, 0) is 57.6 Å². The number of urea groups is 1. The summed E-state index contributed by atoms with van der Waals surface area (Å²) in [5, 5.41) is 12.9. The number of nitrogens with zero attached hydrogens (tertiary/aromatic N) is 2. The van der Waals surface area contributed by atoms with Crippen LogP contribution in [0.5, 0.6) is 0 Å². The Bertz CT molecular complexity index is 584. The predicted molar refractivity (Wildman–Crippen MR) is 104 cm³/mol. The van der Waals surface area contributed by atoms with Crippen molar-refractivity contribution in [3.8, 4) is 0 Å². The number of β-amino-alcohol motifs (C(OH)–C–C–N with tert-alkyl or cyclic N) is 1. The first-order chi connectivity index (χ1) is 12.6. The van der Waals surface area contributed by atoms with Gasteiger partial charge in [-0.3, -0.25) is 4.90 Å². The Hall–Kier alpha value is -1.59. The molecule has 0 aliphatic carbocycles. The first kappa shape index (κ1) is 19.2. The van der Waals surface area contributed by atoms with Gasteiger partial charge in [0.05, 0.1) is 6.10 Å². The molecule has 2 saturated heterocycles. The van der Waals surface area contributed by atoms with Crippen molar-refractivity contribution in [1.82, 2.24) is 15.1 Å². The van der Waals surface area contributed by atoms with Crippen molar-refractivity contribution in [2.24, 2.45) is 0 Å². The highest BCUT2D eigenvalue weighted by Crippen LogP contribution is 2.21. The molecule has 0 radical (unpaired) electrons. The molecular weight excluding hydrogens is 326 g/mol. The van der Waals surface area contributed by atoms with Gasteiger partial charge < -0.3 is 15.3 Å². The smallest absolute Gasteiger partial charge is 0.317 e. The van der Waals surface area contributed by atoms with Crippen molar-refractivity contribution in [2.45, 2.75) is 57.6 Å². The average molecular weight is 360 g/mol. The number of likely N-dealkylation sites (tertiary alicyclic amines) is 2. The Kier molecular flexibility index (Phi) is 6.92. The molecule has 2 aliphatic heterocycles. The highest BCUT2D eigenvalue weighted by Gasteiger charge is 2.29. The fourth-order valence-electron chi connectivity index (χ4n) is 4.22. The SMILES string of the molecule is Cc1cccc(CCCNC(=O)N2CCC(N3CCC[C@H](O)C3)CC2)c1. The molecule has 0 unspecified atom stereocenters. The van der Waals surface area contributed by atoms with Gasteiger partial charge in [0.15, 0.2) is 0 Å². The fourth-order valence-corrected chi connectivity index (χ4v) is 4.22. The number of aliphatic hydroxyl groups is 1. The molecule has 1 atom stereocenters. The molecule has 0 bridgehead atoms. The third-order valence-electron chi connectivity index (χ3n) is 5.70. The van der Waals surface area contributed by atoms with Crippen LogP contribution in [-0.4, -0.2) is 65.8 Å². The Labute approximate surface area is 157 Å². The maximum Gasteiger partial charge on any atom is 0.317 e. The Morgan fingerprint density at radius 2 is 2.04 bits per heavy atom. The number of aliphatic hydroxyl groups excluding tert-OH is 1. The number of carbonyl (C=O) groups excluding carboxylic acids is 1. The van der Waals surface area contributed by atoms with E-state index in [1.165, 1.54) is 11.1 Å². The lowest BCUT2D eigenvalue weighted by Crippen LogP contribution is -2.52. The summed E-state index contributed by atoms with van der Waals surface area (Å²) in [6, 6.07) is 9.16. The van der Waals surface area contributed by atoms with Gasteiger partial charge in [0.1, 0.15) is 0 Å². The normalized spacial score (nSPS) is 22.4. The van der Waals surface area contributed by atoms with Crippen LogP contribution < -0.4 is 5.32 Å². The highest BCUT2D eigenvalue weighted by atomic mass is 16.3. The van der Waals surface area contributed by atoms with Crippen LogP contribution in [0, 0.1) is 6.92 Å². The van der Waals surface area contributed by atoms with E-state index < -0.39 is 0 Å². The highest BCUT2D eigenvalue weighted by molar-refractivity contribution is 5.74. The second-order valence-corrected chi connectivity index (χ2v) is 7.83. The van der Waals surface area contributed by atoms with E-state index in [1.54, 1.807) is 0 Å². The maximum absolute atomic E-state index is 12.4. The minimum atomic E-state index is -0.168. The topological polar surface area (TPSA) is 55.8 Å². The van der Waals surface area contributed by atoms with Crippen LogP contribution >= 0.6 is 0 Å². The number of hydrogen-bond acceptors (Lipinski definition) is 3. The second-order valence-electron chi connectivity index (χ2n) is 7.83. The first-order valence-corrected chi connectivity index (χ1v) is 10.1. The molecule has 0 aromatic heterocycles. The molecule has 26 heavy (non-hydrogen) atoms. The van der Waals surface area contributed by atoms with E-state index in [4.69, 9.17) is 0 Å². The summed E-state index contributed by atoms with van der Waals surface area (Å²) in [5.74, 6) is 0. The van der Waals surface area contributed by atoms with E-state index >= 15 is 0 Å². The number of aryl methyl sites for hydroxylation is 2.